The van der Waals surface area contributed by atoms with Gasteiger partial charge in [0.2, 0.25) is 10.0 Å². The van der Waals surface area contributed by atoms with Gasteiger partial charge in [-0.05, 0) is 35.7 Å². The number of aryl methyl sites for hydroxylation is 1. The zero-order valence-corrected chi connectivity index (χ0v) is 18.0. The first-order valence-electron chi connectivity index (χ1n) is 10.1. The third-order valence-corrected chi connectivity index (χ3v) is 6.98. The van der Waals surface area contributed by atoms with Crippen LogP contribution in [0.3, 0.4) is 0 Å². The number of fused-ring (bicyclic) bond motifs is 1. The van der Waals surface area contributed by atoms with Crippen molar-refractivity contribution in [3.05, 3.63) is 95.6 Å². The molecule has 160 valence electrons. The summed E-state index contributed by atoms with van der Waals surface area (Å²) < 4.78 is 33.7. The molecule has 3 aromatic rings. The van der Waals surface area contributed by atoms with E-state index >= 15 is 0 Å². The zero-order chi connectivity index (χ0) is 21.8. The van der Waals surface area contributed by atoms with E-state index in [4.69, 9.17) is 4.74 Å². The fourth-order valence-electron chi connectivity index (χ4n) is 3.57. The minimum atomic E-state index is -3.72. The number of nitrogens with one attached hydrogen (secondary N) is 1. The number of carbonyl (C=O) groups is 1. The number of nitrogens with zero attached hydrogens (tertiary/aromatic N) is 1. The van der Waals surface area contributed by atoms with Crippen molar-refractivity contribution in [2.75, 3.05) is 10.8 Å². The SMILES string of the molecule is Cc1ccccc1CNC(=O)[C@H]1CN(S(=O)(=O)Cc2ccccc2)c2ccccc2O1. The molecule has 0 spiro atoms. The van der Waals surface area contributed by atoms with E-state index in [0.717, 1.165) is 11.1 Å². The second kappa shape index (κ2) is 8.81. The summed E-state index contributed by atoms with van der Waals surface area (Å²) in [5.41, 5.74) is 3.21. The number of carbonyl (C=O) groups excluding carboxylic acids is 1. The van der Waals surface area contributed by atoms with Crippen LogP contribution in [0.4, 0.5) is 5.69 Å². The smallest absolute Gasteiger partial charge is 0.263 e. The minimum Gasteiger partial charge on any atom is -0.476 e. The van der Waals surface area contributed by atoms with Gasteiger partial charge in [0, 0.05) is 6.54 Å². The van der Waals surface area contributed by atoms with Gasteiger partial charge < -0.3 is 10.1 Å². The highest BCUT2D eigenvalue weighted by molar-refractivity contribution is 7.92. The molecule has 0 saturated heterocycles. The molecule has 6 nitrogen and oxygen atoms in total. The summed E-state index contributed by atoms with van der Waals surface area (Å²) in [4.78, 5) is 12.9. The average Bonchev–Trinajstić information content (AvgIpc) is 2.78. The van der Waals surface area contributed by atoms with Crippen molar-refractivity contribution in [2.45, 2.75) is 25.3 Å². The van der Waals surface area contributed by atoms with Crippen LogP contribution < -0.4 is 14.4 Å². The lowest BCUT2D eigenvalue weighted by Gasteiger charge is -2.34. The van der Waals surface area contributed by atoms with Crippen molar-refractivity contribution in [1.82, 2.24) is 5.32 Å². The number of rotatable bonds is 6. The van der Waals surface area contributed by atoms with Crippen molar-refractivity contribution in [3.63, 3.8) is 0 Å². The number of hydrogen-bond acceptors (Lipinski definition) is 4. The Bertz CT molecular complexity index is 1180. The molecule has 1 heterocycles. The van der Waals surface area contributed by atoms with Gasteiger partial charge in [-0.25, -0.2) is 8.42 Å². The molecule has 0 aliphatic carbocycles. The Morgan fingerprint density at radius 3 is 2.45 bits per heavy atom. The van der Waals surface area contributed by atoms with E-state index < -0.39 is 16.1 Å². The van der Waals surface area contributed by atoms with Gasteiger partial charge in [0.15, 0.2) is 6.10 Å². The maximum Gasteiger partial charge on any atom is 0.263 e. The summed E-state index contributed by atoms with van der Waals surface area (Å²) in [6, 6.07) is 23.7. The molecule has 0 unspecified atom stereocenters. The summed E-state index contributed by atoms with van der Waals surface area (Å²) in [7, 11) is -3.72. The van der Waals surface area contributed by atoms with Crippen LogP contribution in [0.15, 0.2) is 78.9 Å². The summed E-state index contributed by atoms with van der Waals surface area (Å²) in [6.45, 7) is 2.25. The van der Waals surface area contributed by atoms with Gasteiger partial charge in [-0.2, -0.15) is 0 Å². The number of hydrogen-bond donors (Lipinski definition) is 1. The first-order valence-corrected chi connectivity index (χ1v) is 11.7. The first kappa shape index (κ1) is 20.9. The Morgan fingerprint density at radius 1 is 1.00 bits per heavy atom. The summed E-state index contributed by atoms with van der Waals surface area (Å²) in [6.07, 6.45) is -0.940. The summed E-state index contributed by atoms with van der Waals surface area (Å²) in [5.74, 6) is -0.126. The molecule has 1 N–H and O–H groups in total. The number of benzene rings is 3. The van der Waals surface area contributed by atoms with E-state index in [0.29, 0.717) is 23.5 Å². The predicted molar refractivity (Wildman–Crippen MR) is 120 cm³/mol. The van der Waals surface area contributed by atoms with Crippen LogP contribution in [0.5, 0.6) is 5.75 Å². The molecule has 0 fully saturated rings. The number of para-hydroxylation sites is 2. The minimum absolute atomic E-state index is 0.0776. The standard InChI is InChI=1S/C24H24N2O4S/c1-18-9-5-6-12-20(18)15-25-24(27)23-16-26(21-13-7-8-14-22(21)30-23)31(28,29)17-19-10-3-2-4-11-19/h2-14,23H,15-17H2,1H3,(H,25,27)/t23-/m1/s1. The highest BCUT2D eigenvalue weighted by atomic mass is 32.2. The maximum atomic E-state index is 13.2. The van der Waals surface area contributed by atoms with Crippen LogP contribution in [0.1, 0.15) is 16.7 Å². The Labute approximate surface area is 182 Å². The van der Waals surface area contributed by atoms with Crippen LogP contribution in [0.25, 0.3) is 0 Å². The van der Waals surface area contributed by atoms with Crippen molar-refractivity contribution in [2.24, 2.45) is 0 Å². The van der Waals surface area contributed by atoms with Gasteiger partial charge in [0.1, 0.15) is 5.75 Å². The normalized spacial score (nSPS) is 15.6. The second-order valence-corrected chi connectivity index (χ2v) is 9.38. The van der Waals surface area contributed by atoms with Gasteiger partial charge in [-0.1, -0.05) is 66.7 Å². The average molecular weight is 437 g/mol. The second-order valence-electron chi connectivity index (χ2n) is 7.49. The van der Waals surface area contributed by atoms with E-state index in [9.17, 15) is 13.2 Å². The molecule has 1 aliphatic rings. The van der Waals surface area contributed by atoms with Crippen molar-refractivity contribution < 1.29 is 17.9 Å². The highest BCUT2D eigenvalue weighted by Gasteiger charge is 2.36. The van der Waals surface area contributed by atoms with E-state index in [1.54, 1.807) is 48.5 Å². The van der Waals surface area contributed by atoms with E-state index in [1.807, 2.05) is 37.3 Å². The van der Waals surface area contributed by atoms with Crippen LogP contribution in [-0.2, 0) is 27.1 Å². The van der Waals surface area contributed by atoms with Gasteiger partial charge >= 0.3 is 0 Å². The molecule has 1 atom stereocenters. The Hall–Kier alpha value is -3.32. The maximum absolute atomic E-state index is 13.2. The predicted octanol–water partition coefficient (Wildman–Crippen LogP) is 3.41. The van der Waals surface area contributed by atoms with E-state index in [2.05, 4.69) is 5.32 Å². The number of anilines is 1. The van der Waals surface area contributed by atoms with Gasteiger partial charge in [0.25, 0.3) is 5.91 Å². The largest absolute Gasteiger partial charge is 0.476 e. The molecule has 1 aliphatic heterocycles. The monoisotopic (exact) mass is 436 g/mol. The molecule has 1 amide bonds. The first-order chi connectivity index (χ1) is 14.9. The molecular weight excluding hydrogens is 412 g/mol. The van der Waals surface area contributed by atoms with E-state index in [-0.39, 0.29) is 18.2 Å². The van der Waals surface area contributed by atoms with Crippen molar-refractivity contribution in [3.8, 4) is 5.75 Å². The number of amides is 1. The quantitative estimate of drug-likeness (QED) is 0.643. The Balaban J connectivity index is 1.55. The van der Waals surface area contributed by atoms with Gasteiger partial charge in [-0.15, -0.1) is 0 Å². The number of ether oxygens (including phenoxy) is 1. The van der Waals surface area contributed by atoms with Crippen molar-refractivity contribution >= 4 is 21.6 Å². The lowest BCUT2D eigenvalue weighted by Crippen LogP contribution is -2.50. The van der Waals surface area contributed by atoms with E-state index in [1.165, 1.54) is 4.31 Å². The fourth-order valence-corrected chi connectivity index (χ4v) is 5.15. The van der Waals surface area contributed by atoms with Crippen LogP contribution in [0.2, 0.25) is 0 Å². The third kappa shape index (κ3) is 4.72. The van der Waals surface area contributed by atoms with Crippen molar-refractivity contribution in [1.29, 1.82) is 0 Å². The molecule has 0 bridgehead atoms. The Kier molecular flexibility index (Phi) is 5.95. The molecule has 7 heteroatoms. The molecule has 0 radical (unpaired) electrons. The molecule has 31 heavy (non-hydrogen) atoms. The summed E-state index contributed by atoms with van der Waals surface area (Å²) in [5, 5.41) is 2.88. The molecule has 0 saturated carbocycles. The zero-order valence-electron chi connectivity index (χ0n) is 17.2. The lowest BCUT2D eigenvalue weighted by atomic mass is 10.1. The molecule has 0 aromatic heterocycles. The van der Waals surface area contributed by atoms with Crippen LogP contribution in [-0.4, -0.2) is 27.0 Å². The topological polar surface area (TPSA) is 75.7 Å². The third-order valence-electron chi connectivity index (χ3n) is 5.27. The number of sulfonamides is 1. The fraction of sp³-hybridized carbons (Fsp3) is 0.208. The summed E-state index contributed by atoms with van der Waals surface area (Å²) >= 11 is 0. The Morgan fingerprint density at radius 2 is 1.68 bits per heavy atom. The molecule has 3 aromatic carbocycles. The molecular formula is C24H24N2O4S. The van der Waals surface area contributed by atoms with Gasteiger partial charge in [0.05, 0.1) is 18.0 Å². The van der Waals surface area contributed by atoms with Crippen LogP contribution in [0, 0.1) is 6.92 Å². The highest BCUT2D eigenvalue weighted by Crippen LogP contribution is 2.35. The molecule has 4 rings (SSSR count). The lowest BCUT2D eigenvalue weighted by molar-refractivity contribution is -0.127. The van der Waals surface area contributed by atoms with Gasteiger partial charge in [-0.3, -0.25) is 9.10 Å². The van der Waals surface area contributed by atoms with Crippen LogP contribution >= 0.6 is 0 Å².